The van der Waals surface area contributed by atoms with E-state index in [1.54, 1.807) is 24.0 Å². The van der Waals surface area contributed by atoms with Gasteiger partial charge in [0.25, 0.3) is 5.91 Å². The average Bonchev–Trinajstić information content (AvgIpc) is 3.21. The molecule has 3 rings (SSSR count). The number of likely N-dealkylation sites (N-methyl/N-ethyl adjacent to an activating group) is 1. The number of fused-ring (bicyclic) bond motifs is 1. The highest BCUT2D eigenvalue weighted by atomic mass is 16.5. The number of benzene rings is 2. The maximum absolute atomic E-state index is 13.0. The molecular weight excluding hydrogens is 382 g/mol. The van der Waals surface area contributed by atoms with Crippen molar-refractivity contribution >= 4 is 23.2 Å². The molecule has 0 saturated carbocycles. The molecule has 0 aliphatic carbocycles. The molecule has 7 nitrogen and oxygen atoms in total. The Morgan fingerprint density at radius 2 is 1.80 bits per heavy atom. The Balaban J connectivity index is 1.66. The molecule has 0 aliphatic heterocycles. The van der Waals surface area contributed by atoms with E-state index >= 15 is 0 Å². The lowest BCUT2D eigenvalue weighted by Gasteiger charge is -2.24. The minimum absolute atomic E-state index is 0.0973. The summed E-state index contributed by atoms with van der Waals surface area (Å²) in [6.45, 7) is 3.81. The molecule has 0 unspecified atom stereocenters. The number of methoxy groups -OCH3 is 2. The van der Waals surface area contributed by atoms with E-state index in [1.807, 2.05) is 55.5 Å². The molecule has 1 N–H and O–H groups in total. The summed E-state index contributed by atoms with van der Waals surface area (Å²) in [6.07, 6.45) is 0.813. The molecule has 0 aliphatic rings. The molecule has 0 spiro atoms. The Kier molecular flexibility index (Phi) is 6.95. The molecular formula is C23H27N3O4. The van der Waals surface area contributed by atoms with E-state index in [9.17, 15) is 9.59 Å². The van der Waals surface area contributed by atoms with Crippen LogP contribution in [0.4, 0.5) is 0 Å². The van der Waals surface area contributed by atoms with Gasteiger partial charge in [-0.25, -0.2) is 0 Å². The van der Waals surface area contributed by atoms with Crippen molar-refractivity contribution in [2.45, 2.75) is 13.5 Å². The number of hydrogen-bond acceptors (Lipinski definition) is 4. The fourth-order valence-electron chi connectivity index (χ4n) is 3.35. The van der Waals surface area contributed by atoms with Crippen LogP contribution < -0.4 is 9.47 Å². The molecule has 2 amide bonds. The maximum Gasteiger partial charge on any atom is 0.270 e. The highest BCUT2D eigenvalue weighted by Gasteiger charge is 2.18. The van der Waals surface area contributed by atoms with Crippen LogP contribution >= 0.6 is 0 Å². The third-order valence-corrected chi connectivity index (χ3v) is 5.05. The van der Waals surface area contributed by atoms with Gasteiger partial charge in [0.1, 0.15) is 17.2 Å². The van der Waals surface area contributed by atoms with Gasteiger partial charge in [-0.3, -0.25) is 9.59 Å². The van der Waals surface area contributed by atoms with Gasteiger partial charge in [0.15, 0.2) is 0 Å². The minimum Gasteiger partial charge on any atom is -0.497 e. The Bertz CT molecular complexity index is 1010. The van der Waals surface area contributed by atoms with E-state index in [4.69, 9.17) is 9.47 Å². The van der Waals surface area contributed by atoms with Crippen molar-refractivity contribution in [1.82, 2.24) is 14.8 Å². The molecule has 2 aromatic carbocycles. The van der Waals surface area contributed by atoms with Crippen LogP contribution in [0.3, 0.4) is 0 Å². The SMILES string of the molecule is CCN(CCN(C=O)Cc1cccc(OC)c1)C(=O)c1cc2cc(OC)ccc2[nH]1. The quantitative estimate of drug-likeness (QED) is 0.522. The third-order valence-electron chi connectivity index (χ3n) is 5.05. The van der Waals surface area contributed by atoms with Crippen LogP contribution in [0.25, 0.3) is 10.9 Å². The number of H-pyrrole nitrogens is 1. The van der Waals surface area contributed by atoms with Gasteiger partial charge in [-0.15, -0.1) is 0 Å². The zero-order chi connectivity index (χ0) is 21.5. The summed E-state index contributed by atoms with van der Waals surface area (Å²) >= 11 is 0. The number of carbonyl (C=O) groups is 2. The highest BCUT2D eigenvalue weighted by molar-refractivity contribution is 5.98. The van der Waals surface area contributed by atoms with Gasteiger partial charge < -0.3 is 24.3 Å². The summed E-state index contributed by atoms with van der Waals surface area (Å²) in [7, 11) is 3.23. The normalized spacial score (nSPS) is 10.6. The lowest BCUT2D eigenvalue weighted by molar-refractivity contribution is -0.118. The molecule has 0 fully saturated rings. The summed E-state index contributed by atoms with van der Waals surface area (Å²) in [5, 5.41) is 0.918. The Hall–Kier alpha value is -3.48. The van der Waals surface area contributed by atoms with E-state index in [0.717, 1.165) is 34.4 Å². The maximum atomic E-state index is 13.0. The lowest BCUT2D eigenvalue weighted by Crippen LogP contribution is -2.38. The van der Waals surface area contributed by atoms with Gasteiger partial charge in [0.2, 0.25) is 6.41 Å². The minimum atomic E-state index is -0.0973. The van der Waals surface area contributed by atoms with Gasteiger partial charge in [-0.1, -0.05) is 12.1 Å². The molecule has 7 heteroatoms. The molecule has 3 aromatic rings. The number of carbonyl (C=O) groups excluding carboxylic acids is 2. The summed E-state index contributed by atoms with van der Waals surface area (Å²) in [5.74, 6) is 1.39. The highest BCUT2D eigenvalue weighted by Crippen LogP contribution is 2.22. The molecule has 0 bridgehead atoms. The largest absolute Gasteiger partial charge is 0.497 e. The Morgan fingerprint density at radius 1 is 1.03 bits per heavy atom. The first-order valence-corrected chi connectivity index (χ1v) is 9.86. The number of amides is 2. The topological polar surface area (TPSA) is 74.9 Å². The number of hydrogen-bond donors (Lipinski definition) is 1. The third kappa shape index (κ3) is 4.92. The van der Waals surface area contributed by atoms with E-state index in [0.29, 0.717) is 31.9 Å². The second-order valence-electron chi connectivity index (χ2n) is 6.95. The molecule has 0 radical (unpaired) electrons. The number of nitrogens with zero attached hydrogens (tertiary/aromatic N) is 2. The number of rotatable bonds is 10. The standard InChI is InChI=1S/C23H27N3O4/c1-4-26(11-10-25(16-27)15-17-6-5-7-19(12-17)29-2)23(28)22-14-18-13-20(30-3)8-9-21(18)24-22/h5-9,12-14,16,24H,4,10-11,15H2,1-3H3. The number of ether oxygens (including phenoxy) is 2. The number of aromatic amines is 1. The van der Waals surface area contributed by atoms with Crippen LogP contribution in [-0.4, -0.2) is 61.0 Å². The second-order valence-corrected chi connectivity index (χ2v) is 6.95. The summed E-state index contributed by atoms with van der Waals surface area (Å²) < 4.78 is 10.5. The zero-order valence-electron chi connectivity index (χ0n) is 17.6. The van der Waals surface area contributed by atoms with Crippen LogP contribution in [0.1, 0.15) is 23.0 Å². The van der Waals surface area contributed by atoms with Gasteiger partial charge in [-0.2, -0.15) is 0 Å². The van der Waals surface area contributed by atoms with Crippen molar-refractivity contribution in [3.05, 3.63) is 59.8 Å². The van der Waals surface area contributed by atoms with Crippen molar-refractivity contribution in [1.29, 1.82) is 0 Å². The van der Waals surface area contributed by atoms with Crippen LogP contribution in [0.2, 0.25) is 0 Å². The fourth-order valence-corrected chi connectivity index (χ4v) is 3.35. The van der Waals surface area contributed by atoms with Crippen molar-refractivity contribution < 1.29 is 19.1 Å². The predicted molar refractivity (Wildman–Crippen MR) is 116 cm³/mol. The van der Waals surface area contributed by atoms with Crippen LogP contribution in [-0.2, 0) is 11.3 Å². The van der Waals surface area contributed by atoms with E-state index in [1.165, 1.54) is 0 Å². The number of nitrogens with one attached hydrogen (secondary N) is 1. The van der Waals surface area contributed by atoms with Crippen LogP contribution in [0.15, 0.2) is 48.5 Å². The van der Waals surface area contributed by atoms with Gasteiger partial charge in [0, 0.05) is 37.1 Å². The van der Waals surface area contributed by atoms with Gasteiger partial charge in [-0.05, 0) is 48.9 Å². The first-order valence-electron chi connectivity index (χ1n) is 9.86. The molecule has 30 heavy (non-hydrogen) atoms. The molecule has 158 valence electrons. The second kappa shape index (κ2) is 9.82. The van der Waals surface area contributed by atoms with Crippen molar-refractivity contribution in [3.63, 3.8) is 0 Å². The van der Waals surface area contributed by atoms with Crippen LogP contribution in [0, 0.1) is 0 Å². The van der Waals surface area contributed by atoms with Crippen LogP contribution in [0.5, 0.6) is 11.5 Å². The summed E-state index contributed by atoms with van der Waals surface area (Å²) in [5.41, 5.74) is 2.37. The Labute approximate surface area is 176 Å². The fraction of sp³-hybridized carbons (Fsp3) is 0.304. The summed E-state index contributed by atoms with van der Waals surface area (Å²) in [4.78, 5) is 31.1. The van der Waals surface area contributed by atoms with E-state index in [-0.39, 0.29) is 5.91 Å². The molecule has 0 atom stereocenters. The van der Waals surface area contributed by atoms with E-state index < -0.39 is 0 Å². The predicted octanol–water partition coefficient (Wildman–Crippen LogP) is 3.31. The first-order chi connectivity index (χ1) is 14.6. The summed E-state index contributed by atoms with van der Waals surface area (Å²) in [6, 6.07) is 15.1. The smallest absolute Gasteiger partial charge is 0.270 e. The lowest BCUT2D eigenvalue weighted by atomic mass is 10.2. The zero-order valence-corrected chi connectivity index (χ0v) is 17.6. The average molecular weight is 409 g/mol. The molecule has 1 heterocycles. The monoisotopic (exact) mass is 409 g/mol. The van der Waals surface area contributed by atoms with Crippen molar-refractivity contribution in [3.8, 4) is 11.5 Å². The number of aromatic nitrogens is 1. The first kappa shape index (κ1) is 21.2. The van der Waals surface area contributed by atoms with Gasteiger partial charge in [0.05, 0.1) is 14.2 Å². The van der Waals surface area contributed by atoms with Crippen molar-refractivity contribution in [2.75, 3.05) is 33.9 Å². The van der Waals surface area contributed by atoms with Gasteiger partial charge >= 0.3 is 0 Å². The van der Waals surface area contributed by atoms with E-state index in [2.05, 4.69) is 4.98 Å². The van der Waals surface area contributed by atoms with Crippen molar-refractivity contribution in [2.24, 2.45) is 0 Å². The Morgan fingerprint density at radius 3 is 2.50 bits per heavy atom. The molecule has 0 saturated heterocycles. The molecule has 1 aromatic heterocycles.